The summed E-state index contributed by atoms with van der Waals surface area (Å²) in [6.07, 6.45) is 0. The number of hydrogen-bond donors (Lipinski definition) is 1. The molecule has 18 heavy (non-hydrogen) atoms. The van der Waals surface area contributed by atoms with Gasteiger partial charge in [-0.3, -0.25) is 0 Å². The van der Waals surface area contributed by atoms with Gasteiger partial charge in [0.25, 0.3) is 0 Å². The Morgan fingerprint density at radius 3 is 2.67 bits per heavy atom. The summed E-state index contributed by atoms with van der Waals surface area (Å²) in [4.78, 5) is 1.31. The van der Waals surface area contributed by atoms with Gasteiger partial charge in [0.15, 0.2) is 0 Å². The third-order valence-corrected chi connectivity index (χ3v) is 4.44. The lowest BCUT2D eigenvalue weighted by Gasteiger charge is -2.13. The summed E-state index contributed by atoms with van der Waals surface area (Å²) >= 11 is 5.19. The van der Waals surface area contributed by atoms with Gasteiger partial charge in [-0.2, -0.15) is 5.26 Å². The van der Waals surface area contributed by atoms with Gasteiger partial charge in [0.05, 0.1) is 11.6 Å². The van der Waals surface area contributed by atoms with E-state index in [4.69, 9.17) is 5.26 Å². The van der Waals surface area contributed by atoms with E-state index in [9.17, 15) is 0 Å². The van der Waals surface area contributed by atoms with E-state index in [1.54, 1.807) is 11.3 Å². The topological polar surface area (TPSA) is 35.8 Å². The largest absolute Gasteiger partial charge is 0.305 e. The van der Waals surface area contributed by atoms with Crippen LogP contribution in [0, 0.1) is 11.3 Å². The van der Waals surface area contributed by atoms with E-state index in [0.717, 1.165) is 11.0 Å². The Kier molecular flexibility index (Phi) is 4.54. The number of halogens is 1. The first kappa shape index (κ1) is 13.3. The third-order valence-electron chi connectivity index (χ3n) is 2.74. The van der Waals surface area contributed by atoms with Crippen molar-refractivity contribution in [3.05, 3.63) is 56.2 Å². The van der Waals surface area contributed by atoms with Crippen LogP contribution in [0.1, 0.15) is 29.0 Å². The van der Waals surface area contributed by atoms with Gasteiger partial charge in [-0.15, -0.1) is 11.3 Å². The first-order valence-corrected chi connectivity index (χ1v) is 7.32. The number of nitrogens with one attached hydrogen (secondary N) is 1. The zero-order valence-corrected chi connectivity index (χ0v) is 12.4. The van der Waals surface area contributed by atoms with Crippen LogP contribution in [0.5, 0.6) is 0 Å². The lowest BCUT2D eigenvalue weighted by atomic mass is 10.1. The van der Waals surface area contributed by atoms with Gasteiger partial charge < -0.3 is 5.32 Å². The summed E-state index contributed by atoms with van der Waals surface area (Å²) < 4.78 is 1.13. The monoisotopic (exact) mass is 320 g/mol. The number of nitriles is 1. The van der Waals surface area contributed by atoms with E-state index in [1.807, 2.05) is 24.3 Å². The minimum Gasteiger partial charge on any atom is -0.305 e. The van der Waals surface area contributed by atoms with Crippen molar-refractivity contribution >= 4 is 27.3 Å². The zero-order chi connectivity index (χ0) is 13.0. The standard InChI is InChI=1S/C14H13BrN2S/c1-10(12-4-2-11(7-16)3-5-12)17-8-14-6-13(15)9-18-14/h2-6,9-10,17H,8H2,1H3. The highest BCUT2D eigenvalue weighted by Gasteiger charge is 2.05. The van der Waals surface area contributed by atoms with Gasteiger partial charge in [-0.05, 0) is 46.6 Å². The van der Waals surface area contributed by atoms with Crippen molar-refractivity contribution in [3.63, 3.8) is 0 Å². The molecule has 2 rings (SSSR count). The number of thiophene rings is 1. The molecule has 0 aliphatic rings. The Bertz CT molecular complexity index is 554. The molecule has 92 valence electrons. The summed E-state index contributed by atoms with van der Waals surface area (Å²) in [6.45, 7) is 2.99. The Hall–Kier alpha value is -1.15. The maximum Gasteiger partial charge on any atom is 0.0991 e. The fourth-order valence-electron chi connectivity index (χ4n) is 1.66. The van der Waals surface area contributed by atoms with E-state index in [-0.39, 0.29) is 6.04 Å². The molecule has 0 fully saturated rings. The molecule has 0 saturated carbocycles. The van der Waals surface area contributed by atoms with Gasteiger partial charge in [0, 0.05) is 27.3 Å². The van der Waals surface area contributed by atoms with E-state index >= 15 is 0 Å². The maximum atomic E-state index is 8.75. The molecule has 1 aromatic carbocycles. The van der Waals surface area contributed by atoms with Gasteiger partial charge >= 0.3 is 0 Å². The van der Waals surface area contributed by atoms with Crippen LogP contribution in [-0.2, 0) is 6.54 Å². The van der Waals surface area contributed by atoms with E-state index in [0.29, 0.717) is 5.56 Å². The molecule has 0 bridgehead atoms. The number of hydrogen-bond acceptors (Lipinski definition) is 3. The second-order valence-electron chi connectivity index (χ2n) is 4.07. The molecule has 0 aliphatic carbocycles. The molecular formula is C14H13BrN2S. The lowest BCUT2D eigenvalue weighted by Crippen LogP contribution is -2.17. The van der Waals surface area contributed by atoms with E-state index in [1.165, 1.54) is 10.4 Å². The van der Waals surface area contributed by atoms with Crippen LogP contribution >= 0.6 is 27.3 Å². The summed E-state index contributed by atoms with van der Waals surface area (Å²) in [6, 6.07) is 12.2. The average Bonchev–Trinajstić information content (AvgIpc) is 2.82. The lowest BCUT2D eigenvalue weighted by molar-refractivity contribution is 0.579. The van der Waals surface area contributed by atoms with Crippen LogP contribution in [0.4, 0.5) is 0 Å². The van der Waals surface area contributed by atoms with Crippen LogP contribution in [0.3, 0.4) is 0 Å². The zero-order valence-electron chi connectivity index (χ0n) is 9.98. The van der Waals surface area contributed by atoms with Crippen molar-refractivity contribution in [2.24, 2.45) is 0 Å². The second-order valence-corrected chi connectivity index (χ2v) is 5.98. The van der Waals surface area contributed by atoms with Crippen molar-refractivity contribution in [1.82, 2.24) is 5.32 Å². The fraction of sp³-hybridized carbons (Fsp3) is 0.214. The SMILES string of the molecule is CC(NCc1cc(Br)cs1)c1ccc(C#N)cc1. The Balaban J connectivity index is 1.95. The molecule has 0 aliphatic heterocycles. The van der Waals surface area contributed by atoms with Gasteiger partial charge in [-0.25, -0.2) is 0 Å². The minimum absolute atomic E-state index is 0.276. The molecule has 0 amide bonds. The van der Waals surface area contributed by atoms with Gasteiger partial charge in [-0.1, -0.05) is 12.1 Å². The molecule has 1 heterocycles. The number of nitrogens with zero attached hydrogens (tertiary/aromatic N) is 1. The molecular weight excluding hydrogens is 308 g/mol. The second kappa shape index (κ2) is 6.14. The first-order chi connectivity index (χ1) is 8.69. The molecule has 0 radical (unpaired) electrons. The highest BCUT2D eigenvalue weighted by molar-refractivity contribution is 9.10. The summed E-state index contributed by atoms with van der Waals surface area (Å²) in [7, 11) is 0. The maximum absolute atomic E-state index is 8.75. The molecule has 1 aromatic heterocycles. The fourth-order valence-corrected chi connectivity index (χ4v) is 3.07. The third kappa shape index (κ3) is 3.42. The van der Waals surface area contributed by atoms with Crippen LogP contribution < -0.4 is 5.32 Å². The molecule has 1 N–H and O–H groups in total. The summed E-state index contributed by atoms with van der Waals surface area (Å²) in [5.74, 6) is 0. The van der Waals surface area contributed by atoms with Crippen LogP contribution in [0.15, 0.2) is 40.2 Å². The van der Waals surface area contributed by atoms with Crippen molar-refractivity contribution < 1.29 is 0 Å². The summed E-state index contributed by atoms with van der Waals surface area (Å²) in [5, 5.41) is 14.3. The first-order valence-electron chi connectivity index (χ1n) is 5.65. The van der Waals surface area contributed by atoms with Gasteiger partial charge in [0.2, 0.25) is 0 Å². The van der Waals surface area contributed by atoms with Crippen LogP contribution in [0.2, 0.25) is 0 Å². The van der Waals surface area contributed by atoms with Crippen LogP contribution in [-0.4, -0.2) is 0 Å². The molecule has 1 unspecified atom stereocenters. The predicted molar refractivity (Wildman–Crippen MR) is 78.4 cm³/mol. The quantitative estimate of drug-likeness (QED) is 0.914. The molecule has 0 saturated heterocycles. The molecule has 2 nitrogen and oxygen atoms in total. The smallest absolute Gasteiger partial charge is 0.0991 e. The minimum atomic E-state index is 0.276. The van der Waals surface area contributed by atoms with Crippen molar-refractivity contribution in [1.29, 1.82) is 5.26 Å². The highest BCUT2D eigenvalue weighted by Crippen LogP contribution is 2.21. The molecule has 0 spiro atoms. The van der Waals surface area contributed by atoms with Crippen molar-refractivity contribution in [2.45, 2.75) is 19.5 Å². The molecule has 4 heteroatoms. The Morgan fingerprint density at radius 2 is 2.11 bits per heavy atom. The molecule has 1 atom stereocenters. The number of benzene rings is 1. The van der Waals surface area contributed by atoms with Crippen molar-refractivity contribution in [3.8, 4) is 6.07 Å². The number of rotatable bonds is 4. The normalized spacial score (nSPS) is 12.1. The Morgan fingerprint density at radius 1 is 1.39 bits per heavy atom. The van der Waals surface area contributed by atoms with E-state index in [2.05, 4.69) is 45.7 Å². The Labute approximate surface area is 119 Å². The average molecular weight is 321 g/mol. The van der Waals surface area contributed by atoms with Crippen molar-refractivity contribution in [2.75, 3.05) is 0 Å². The van der Waals surface area contributed by atoms with Crippen LogP contribution in [0.25, 0.3) is 0 Å². The molecule has 2 aromatic rings. The van der Waals surface area contributed by atoms with Gasteiger partial charge in [0.1, 0.15) is 0 Å². The predicted octanol–water partition coefficient (Wildman–Crippen LogP) is 4.23. The highest BCUT2D eigenvalue weighted by atomic mass is 79.9. The van der Waals surface area contributed by atoms with E-state index < -0.39 is 0 Å². The summed E-state index contributed by atoms with van der Waals surface area (Å²) in [5.41, 5.74) is 1.90.